The third-order valence-electron chi connectivity index (χ3n) is 4.11. The summed E-state index contributed by atoms with van der Waals surface area (Å²) in [5.74, 6) is -2.51. The summed E-state index contributed by atoms with van der Waals surface area (Å²) in [6.45, 7) is 2.10. The van der Waals surface area contributed by atoms with Crippen molar-refractivity contribution in [2.24, 2.45) is 17.8 Å². The number of ether oxygens (including phenoxy) is 2. The fourth-order valence-corrected chi connectivity index (χ4v) is 3.02. The predicted octanol–water partition coefficient (Wildman–Crippen LogP) is 2.12. The van der Waals surface area contributed by atoms with Crippen LogP contribution in [0.5, 0.6) is 0 Å². The number of esters is 2. The average molecular weight is 284 g/mol. The second kappa shape index (κ2) is 8.02. The van der Waals surface area contributed by atoms with Gasteiger partial charge in [0.2, 0.25) is 0 Å². The normalized spacial score (nSPS) is 22.1. The van der Waals surface area contributed by atoms with Gasteiger partial charge in [0.15, 0.2) is 5.92 Å². The smallest absolute Gasteiger partial charge is 0.320 e. The van der Waals surface area contributed by atoms with Crippen LogP contribution in [0, 0.1) is 17.8 Å². The molecule has 0 N–H and O–H groups in total. The SMILES string of the molecule is CCCCC[C@H]1C(=O)CC[C@@H]1C(C(=O)OC)C(=O)OC. The summed E-state index contributed by atoms with van der Waals surface area (Å²) in [5, 5.41) is 0. The van der Waals surface area contributed by atoms with E-state index in [4.69, 9.17) is 9.47 Å². The summed E-state index contributed by atoms with van der Waals surface area (Å²) < 4.78 is 9.41. The van der Waals surface area contributed by atoms with Gasteiger partial charge in [-0.05, 0) is 18.8 Å². The molecule has 5 heteroatoms. The molecule has 1 fully saturated rings. The van der Waals surface area contributed by atoms with Crippen LogP contribution >= 0.6 is 0 Å². The number of carbonyl (C=O) groups is 3. The Morgan fingerprint density at radius 2 is 1.80 bits per heavy atom. The molecule has 1 saturated carbocycles. The van der Waals surface area contributed by atoms with Gasteiger partial charge in [-0.15, -0.1) is 0 Å². The van der Waals surface area contributed by atoms with Crippen LogP contribution in [0.4, 0.5) is 0 Å². The third kappa shape index (κ3) is 3.81. The molecule has 1 aliphatic rings. The van der Waals surface area contributed by atoms with Gasteiger partial charge in [-0.3, -0.25) is 14.4 Å². The number of ketones is 1. The van der Waals surface area contributed by atoms with Crippen molar-refractivity contribution in [3.8, 4) is 0 Å². The molecule has 0 aromatic rings. The zero-order valence-corrected chi connectivity index (χ0v) is 12.5. The number of hydrogen-bond acceptors (Lipinski definition) is 5. The molecule has 0 saturated heterocycles. The van der Waals surface area contributed by atoms with Crippen LogP contribution in [0.1, 0.15) is 45.4 Å². The summed E-state index contributed by atoms with van der Waals surface area (Å²) in [6.07, 6.45) is 4.80. The summed E-state index contributed by atoms with van der Waals surface area (Å²) in [6, 6.07) is 0. The van der Waals surface area contributed by atoms with Gasteiger partial charge in [0.25, 0.3) is 0 Å². The third-order valence-corrected chi connectivity index (χ3v) is 4.11. The van der Waals surface area contributed by atoms with Gasteiger partial charge in [0.05, 0.1) is 14.2 Å². The molecule has 0 aliphatic heterocycles. The highest BCUT2D eigenvalue weighted by Gasteiger charge is 2.46. The second-order valence-electron chi connectivity index (χ2n) is 5.30. The molecule has 1 aliphatic carbocycles. The molecule has 0 unspecified atom stereocenters. The van der Waals surface area contributed by atoms with Crippen LogP contribution in [0.2, 0.25) is 0 Å². The Kier molecular flexibility index (Phi) is 6.68. The number of rotatable bonds is 7. The summed E-state index contributed by atoms with van der Waals surface area (Å²) in [4.78, 5) is 35.7. The summed E-state index contributed by atoms with van der Waals surface area (Å²) >= 11 is 0. The Hall–Kier alpha value is -1.39. The van der Waals surface area contributed by atoms with Crippen molar-refractivity contribution < 1.29 is 23.9 Å². The Morgan fingerprint density at radius 3 is 2.30 bits per heavy atom. The van der Waals surface area contributed by atoms with Crippen LogP contribution in [0.3, 0.4) is 0 Å². The number of methoxy groups -OCH3 is 2. The molecule has 0 bridgehead atoms. The van der Waals surface area contributed by atoms with Crippen molar-refractivity contribution in [1.29, 1.82) is 0 Å². The van der Waals surface area contributed by atoms with Crippen molar-refractivity contribution in [1.82, 2.24) is 0 Å². The number of carbonyl (C=O) groups excluding carboxylic acids is 3. The highest BCUT2D eigenvalue weighted by molar-refractivity contribution is 5.97. The highest BCUT2D eigenvalue weighted by atomic mass is 16.5. The van der Waals surface area contributed by atoms with Gasteiger partial charge in [-0.1, -0.05) is 26.2 Å². The minimum Gasteiger partial charge on any atom is -0.468 e. The first-order chi connectivity index (χ1) is 9.56. The molecule has 20 heavy (non-hydrogen) atoms. The molecule has 0 heterocycles. The molecule has 0 amide bonds. The number of Topliss-reactive ketones (excluding diaryl/α,β-unsaturated/α-hetero) is 1. The zero-order valence-electron chi connectivity index (χ0n) is 12.5. The Morgan fingerprint density at radius 1 is 1.20 bits per heavy atom. The molecular formula is C15H24O5. The van der Waals surface area contributed by atoms with E-state index in [9.17, 15) is 14.4 Å². The molecule has 0 aromatic heterocycles. The minimum atomic E-state index is -0.969. The van der Waals surface area contributed by atoms with Crippen LogP contribution in [0.25, 0.3) is 0 Å². The van der Waals surface area contributed by atoms with Crippen molar-refractivity contribution >= 4 is 17.7 Å². The van der Waals surface area contributed by atoms with Gasteiger partial charge in [0, 0.05) is 12.3 Å². The van der Waals surface area contributed by atoms with Crippen molar-refractivity contribution in [3.05, 3.63) is 0 Å². The lowest BCUT2D eigenvalue weighted by Crippen LogP contribution is -2.36. The Bertz CT molecular complexity index is 347. The number of hydrogen-bond donors (Lipinski definition) is 0. The van der Waals surface area contributed by atoms with E-state index in [1.807, 2.05) is 0 Å². The standard InChI is InChI=1S/C15H24O5/c1-4-5-6-7-10-11(8-9-12(10)16)13(14(17)19-2)15(18)20-3/h10-11,13H,4-9H2,1-3H3/t10-,11+/m1/s1. The van der Waals surface area contributed by atoms with E-state index in [1.54, 1.807) is 0 Å². The molecule has 1 rings (SSSR count). The van der Waals surface area contributed by atoms with E-state index >= 15 is 0 Å². The van der Waals surface area contributed by atoms with E-state index in [-0.39, 0.29) is 17.6 Å². The molecular weight excluding hydrogens is 260 g/mol. The Labute approximate surface area is 120 Å². The molecule has 5 nitrogen and oxygen atoms in total. The topological polar surface area (TPSA) is 69.7 Å². The van der Waals surface area contributed by atoms with Crippen molar-refractivity contribution in [2.45, 2.75) is 45.4 Å². The molecule has 114 valence electrons. The number of unbranched alkanes of at least 4 members (excludes halogenated alkanes) is 2. The summed E-state index contributed by atoms with van der Waals surface area (Å²) in [7, 11) is 2.50. The lowest BCUT2D eigenvalue weighted by Gasteiger charge is -2.24. The Balaban J connectivity index is 2.84. The van der Waals surface area contributed by atoms with Gasteiger partial charge in [-0.25, -0.2) is 0 Å². The van der Waals surface area contributed by atoms with E-state index in [0.29, 0.717) is 12.8 Å². The minimum absolute atomic E-state index is 0.156. The summed E-state index contributed by atoms with van der Waals surface area (Å²) in [5.41, 5.74) is 0. The predicted molar refractivity (Wildman–Crippen MR) is 72.9 cm³/mol. The van der Waals surface area contributed by atoms with E-state index in [0.717, 1.165) is 25.7 Å². The average Bonchev–Trinajstić information content (AvgIpc) is 2.80. The molecule has 0 radical (unpaired) electrons. The fraction of sp³-hybridized carbons (Fsp3) is 0.800. The molecule has 0 aromatic carbocycles. The van der Waals surface area contributed by atoms with E-state index < -0.39 is 17.9 Å². The quantitative estimate of drug-likeness (QED) is 0.407. The van der Waals surface area contributed by atoms with Gasteiger partial charge in [0.1, 0.15) is 5.78 Å². The van der Waals surface area contributed by atoms with Crippen LogP contribution in [-0.2, 0) is 23.9 Å². The fourth-order valence-electron chi connectivity index (χ4n) is 3.02. The first kappa shape index (κ1) is 16.7. The van der Waals surface area contributed by atoms with Gasteiger partial charge >= 0.3 is 11.9 Å². The van der Waals surface area contributed by atoms with Gasteiger partial charge < -0.3 is 9.47 Å². The molecule has 0 spiro atoms. The van der Waals surface area contributed by atoms with Crippen molar-refractivity contribution in [3.63, 3.8) is 0 Å². The first-order valence-corrected chi connectivity index (χ1v) is 7.25. The maximum Gasteiger partial charge on any atom is 0.320 e. The lowest BCUT2D eigenvalue weighted by atomic mass is 9.81. The maximum atomic E-state index is 12.0. The van der Waals surface area contributed by atoms with Crippen LogP contribution < -0.4 is 0 Å². The van der Waals surface area contributed by atoms with Crippen LogP contribution in [-0.4, -0.2) is 31.9 Å². The van der Waals surface area contributed by atoms with Crippen molar-refractivity contribution in [2.75, 3.05) is 14.2 Å². The maximum absolute atomic E-state index is 12.0. The molecule has 2 atom stereocenters. The lowest BCUT2D eigenvalue weighted by molar-refractivity contribution is -0.162. The largest absolute Gasteiger partial charge is 0.468 e. The zero-order chi connectivity index (χ0) is 15.1. The van der Waals surface area contributed by atoms with Crippen LogP contribution in [0.15, 0.2) is 0 Å². The highest BCUT2D eigenvalue weighted by Crippen LogP contribution is 2.38. The van der Waals surface area contributed by atoms with Gasteiger partial charge in [-0.2, -0.15) is 0 Å². The van der Waals surface area contributed by atoms with E-state index in [1.165, 1.54) is 14.2 Å². The van der Waals surface area contributed by atoms with E-state index in [2.05, 4.69) is 6.92 Å². The monoisotopic (exact) mass is 284 g/mol. The first-order valence-electron chi connectivity index (χ1n) is 7.25. The second-order valence-corrected chi connectivity index (χ2v) is 5.30.